The van der Waals surface area contributed by atoms with Crippen molar-refractivity contribution in [2.45, 2.75) is 13.0 Å². The first-order chi connectivity index (χ1) is 10.3. The zero-order valence-corrected chi connectivity index (χ0v) is 11.7. The molecule has 0 aliphatic carbocycles. The Balaban J connectivity index is 2.65. The first-order valence-electron chi connectivity index (χ1n) is 6.57. The molecule has 0 bridgehead atoms. The third kappa shape index (κ3) is 2.96. The molecule has 0 spiro atoms. The smallest absolute Gasteiger partial charge is 0.300 e. The Kier molecular flexibility index (Phi) is 4.22. The average molecular weight is 310 g/mol. The molecule has 2 N–H and O–H groups in total. The van der Waals surface area contributed by atoms with E-state index in [9.17, 15) is 30.1 Å². The van der Waals surface area contributed by atoms with Gasteiger partial charge in [-0.2, -0.15) is 0 Å². The number of piperazine rings is 1. The number of carboxylic acid groups (broad SMARTS) is 1. The van der Waals surface area contributed by atoms with E-state index >= 15 is 0 Å². The molecule has 1 aliphatic rings. The van der Waals surface area contributed by atoms with Crippen LogP contribution in [0.15, 0.2) is 12.1 Å². The maximum Gasteiger partial charge on any atom is 0.300 e. The van der Waals surface area contributed by atoms with Crippen LogP contribution in [-0.4, -0.2) is 41.5 Å². The number of quaternary nitrogens is 1. The molecule has 2 rings (SSSR count). The van der Waals surface area contributed by atoms with Gasteiger partial charge in [0, 0.05) is 17.7 Å². The predicted octanol–water partition coefficient (Wildman–Crippen LogP) is -1.36. The fourth-order valence-electron chi connectivity index (χ4n) is 2.56. The molecule has 0 radical (unpaired) electrons. The van der Waals surface area contributed by atoms with Crippen LogP contribution in [0.4, 0.5) is 17.1 Å². The fraction of sp³-hybridized carbons (Fsp3) is 0.417. The van der Waals surface area contributed by atoms with E-state index in [1.54, 1.807) is 4.90 Å². The summed E-state index contributed by atoms with van der Waals surface area (Å²) < 4.78 is 0. The Labute approximate surface area is 124 Å². The molecular weight excluding hydrogens is 296 g/mol. The summed E-state index contributed by atoms with van der Waals surface area (Å²) in [5.74, 6) is -1.70. The highest BCUT2D eigenvalue weighted by molar-refractivity contribution is 5.91. The molecule has 0 unspecified atom stereocenters. The number of nitro benzene ring substituents is 2. The van der Waals surface area contributed by atoms with Crippen LogP contribution >= 0.6 is 0 Å². The van der Waals surface area contributed by atoms with Gasteiger partial charge in [0.15, 0.2) is 5.69 Å². The van der Waals surface area contributed by atoms with E-state index in [0.29, 0.717) is 19.6 Å². The number of hydrogen-bond acceptors (Lipinski definition) is 7. The van der Waals surface area contributed by atoms with Gasteiger partial charge < -0.3 is 20.1 Å². The summed E-state index contributed by atoms with van der Waals surface area (Å²) in [5.41, 5.74) is -1.93. The van der Waals surface area contributed by atoms with E-state index in [0.717, 1.165) is 12.1 Å². The lowest BCUT2D eigenvalue weighted by molar-refractivity contribution is -0.687. The summed E-state index contributed by atoms with van der Waals surface area (Å²) in [6, 6.07) is 1.73. The van der Waals surface area contributed by atoms with Gasteiger partial charge in [-0.25, -0.2) is 0 Å². The van der Waals surface area contributed by atoms with Crippen molar-refractivity contribution in [3.63, 3.8) is 0 Å². The van der Waals surface area contributed by atoms with Crippen molar-refractivity contribution in [1.82, 2.24) is 0 Å². The van der Waals surface area contributed by atoms with Crippen LogP contribution in [0.3, 0.4) is 0 Å². The minimum absolute atomic E-state index is 0.119. The van der Waals surface area contributed by atoms with Crippen LogP contribution in [0.5, 0.6) is 0 Å². The molecule has 0 saturated carbocycles. The second-order valence-electron chi connectivity index (χ2n) is 5.11. The lowest BCUT2D eigenvalue weighted by atomic mass is 10.1. The van der Waals surface area contributed by atoms with Gasteiger partial charge in [-0.15, -0.1) is 0 Å². The summed E-state index contributed by atoms with van der Waals surface area (Å²) in [5, 5.41) is 35.4. The van der Waals surface area contributed by atoms with Crippen molar-refractivity contribution in [3.05, 3.63) is 37.9 Å². The van der Waals surface area contributed by atoms with E-state index in [2.05, 4.69) is 0 Å². The molecule has 10 heteroatoms. The third-order valence-electron chi connectivity index (χ3n) is 3.49. The van der Waals surface area contributed by atoms with E-state index in [1.807, 2.05) is 12.2 Å². The van der Waals surface area contributed by atoms with Gasteiger partial charge in [-0.05, 0) is 6.92 Å². The van der Waals surface area contributed by atoms with Gasteiger partial charge in [0.05, 0.1) is 35.5 Å². The quantitative estimate of drug-likeness (QED) is 0.533. The van der Waals surface area contributed by atoms with E-state index in [-0.39, 0.29) is 11.7 Å². The molecular formula is C12H14N4O6. The Morgan fingerprint density at radius 1 is 1.27 bits per heavy atom. The number of carbonyl (C=O) groups is 1. The molecule has 1 atom stereocenters. The number of nitrogens with two attached hydrogens (primary N) is 1. The Bertz CT molecular complexity index is 611. The summed E-state index contributed by atoms with van der Waals surface area (Å²) in [6.45, 7) is 3.33. The summed E-state index contributed by atoms with van der Waals surface area (Å²) in [4.78, 5) is 33.3. The number of hydrogen-bond donors (Lipinski definition) is 1. The molecule has 1 aromatic carbocycles. The highest BCUT2D eigenvalue weighted by atomic mass is 16.6. The van der Waals surface area contributed by atoms with E-state index in [4.69, 9.17) is 0 Å². The summed E-state index contributed by atoms with van der Waals surface area (Å²) >= 11 is 0. The van der Waals surface area contributed by atoms with Gasteiger partial charge >= 0.3 is 0 Å². The fourth-order valence-corrected chi connectivity index (χ4v) is 2.56. The van der Waals surface area contributed by atoms with Gasteiger partial charge in [0.25, 0.3) is 11.4 Å². The maximum atomic E-state index is 11.2. The normalized spacial score (nSPS) is 18.0. The van der Waals surface area contributed by atoms with E-state index < -0.39 is 32.8 Å². The number of benzene rings is 1. The SMILES string of the molecule is C[C@H]1CN(c2c([N+](=O)[O-])cc(C(=O)[O-])cc2[N+](=O)[O-])CC[NH2+]1. The summed E-state index contributed by atoms with van der Waals surface area (Å²) in [7, 11) is 0. The molecule has 10 nitrogen and oxygen atoms in total. The number of carboxylic acids is 1. The van der Waals surface area contributed by atoms with E-state index in [1.165, 1.54) is 0 Å². The largest absolute Gasteiger partial charge is 0.545 e. The van der Waals surface area contributed by atoms with Gasteiger partial charge in [0.2, 0.25) is 0 Å². The lowest BCUT2D eigenvalue weighted by Crippen LogP contribution is -2.94. The second kappa shape index (κ2) is 5.93. The Morgan fingerprint density at radius 2 is 1.82 bits per heavy atom. The topological polar surface area (TPSA) is 146 Å². The van der Waals surface area contributed by atoms with Crippen molar-refractivity contribution in [3.8, 4) is 0 Å². The number of nitrogens with zero attached hydrogens (tertiary/aromatic N) is 3. The standard InChI is InChI=1S/C12H14N4O6/c1-7-6-14(3-2-13-7)11-9(15(19)20)4-8(12(17)18)5-10(11)16(21)22/h4-5,7,13H,2-3,6H2,1H3,(H,17,18)/t7-/m0/s1. The molecule has 1 aliphatic heterocycles. The van der Waals surface area contributed by atoms with Gasteiger partial charge in [0.1, 0.15) is 6.04 Å². The minimum atomic E-state index is -1.70. The van der Waals surface area contributed by atoms with Crippen LogP contribution in [-0.2, 0) is 0 Å². The van der Waals surface area contributed by atoms with Crippen LogP contribution < -0.4 is 15.3 Å². The highest BCUT2D eigenvalue weighted by Crippen LogP contribution is 2.38. The van der Waals surface area contributed by atoms with Crippen LogP contribution in [0.2, 0.25) is 0 Å². The highest BCUT2D eigenvalue weighted by Gasteiger charge is 2.34. The molecule has 1 fully saturated rings. The molecule has 1 saturated heterocycles. The van der Waals surface area contributed by atoms with Gasteiger partial charge in [-0.1, -0.05) is 0 Å². The molecule has 1 heterocycles. The molecule has 0 amide bonds. The zero-order chi connectivity index (χ0) is 16.4. The molecule has 1 aromatic rings. The van der Waals surface area contributed by atoms with Gasteiger partial charge in [-0.3, -0.25) is 20.2 Å². The monoisotopic (exact) mass is 310 g/mol. The van der Waals surface area contributed by atoms with Crippen LogP contribution in [0.25, 0.3) is 0 Å². The van der Waals surface area contributed by atoms with Crippen molar-refractivity contribution in [2.24, 2.45) is 0 Å². The predicted molar refractivity (Wildman–Crippen MR) is 72.5 cm³/mol. The number of rotatable bonds is 4. The lowest BCUT2D eigenvalue weighted by Gasteiger charge is -2.30. The first-order valence-corrected chi connectivity index (χ1v) is 6.57. The zero-order valence-electron chi connectivity index (χ0n) is 11.7. The second-order valence-corrected chi connectivity index (χ2v) is 5.11. The molecule has 22 heavy (non-hydrogen) atoms. The number of anilines is 1. The van der Waals surface area contributed by atoms with Crippen molar-refractivity contribution < 1.29 is 25.1 Å². The van der Waals surface area contributed by atoms with Crippen molar-refractivity contribution in [1.29, 1.82) is 0 Å². The summed E-state index contributed by atoms with van der Waals surface area (Å²) in [6.07, 6.45) is 0. The average Bonchev–Trinajstić information content (AvgIpc) is 2.45. The maximum absolute atomic E-state index is 11.2. The van der Waals surface area contributed by atoms with Crippen molar-refractivity contribution in [2.75, 3.05) is 24.5 Å². The van der Waals surface area contributed by atoms with Crippen molar-refractivity contribution >= 4 is 23.0 Å². The minimum Gasteiger partial charge on any atom is -0.545 e. The molecule has 0 aromatic heterocycles. The first kappa shape index (κ1) is 15.6. The number of carbonyl (C=O) groups excluding carboxylic acids is 1. The Hall–Kier alpha value is -2.75. The number of aromatic carboxylic acids is 1. The number of nitro groups is 2. The van der Waals surface area contributed by atoms with Crippen LogP contribution in [0, 0.1) is 20.2 Å². The van der Waals surface area contributed by atoms with Crippen LogP contribution in [0.1, 0.15) is 17.3 Å². The third-order valence-corrected chi connectivity index (χ3v) is 3.49. The Morgan fingerprint density at radius 3 is 2.23 bits per heavy atom. The molecule has 118 valence electrons.